The Hall–Kier alpha value is -1.12. The number of hydrogen-bond donors (Lipinski definition) is 0. The van der Waals surface area contributed by atoms with Gasteiger partial charge in [0.05, 0.1) is 13.2 Å². The second kappa shape index (κ2) is 5.10. The molecule has 0 aromatic heterocycles. The molecule has 2 heteroatoms. The molecule has 2 rings (SSSR count). The Morgan fingerprint density at radius 2 is 2.00 bits per heavy atom. The van der Waals surface area contributed by atoms with Gasteiger partial charge >= 0.3 is 0 Å². The molecule has 1 atom stereocenters. The maximum atomic E-state index is 5.64. The highest BCUT2D eigenvalue weighted by molar-refractivity contribution is 5.26. The average Bonchev–Trinajstić information content (AvgIpc) is 2.23. The maximum absolute atomic E-state index is 5.64. The van der Waals surface area contributed by atoms with Gasteiger partial charge in [0, 0.05) is 0 Å². The Kier molecular flexibility index (Phi) is 3.54. The molecule has 0 saturated heterocycles. The van der Waals surface area contributed by atoms with Crippen LogP contribution in [-0.4, -0.2) is 12.9 Å². The monoisotopic (exact) mass is 204 g/mol. The minimum Gasteiger partial charge on any atom is -0.349 e. The van der Waals surface area contributed by atoms with Crippen molar-refractivity contribution in [3.05, 3.63) is 47.5 Å². The Balaban J connectivity index is 2.11. The van der Waals surface area contributed by atoms with Crippen LogP contribution >= 0.6 is 0 Å². The van der Waals surface area contributed by atoms with Crippen LogP contribution in [0, 0.1) is 0 Å². The summed E-state index contributed by atoms with van der Waals surface area (Å²) in [6.45, 7) is 3.32. The van der Waals surface area contributed by atoms with Crippen molar-refractivity contribution in [1.82, 2.24) is 0 Å². The molecule has 15 heavy (non-hydrogen) atoms. The van der Waals surface area contributed by atoms with Crippen molar-refractivity contribution in [3.8, 4) is 0 Å². The number of allylic oxidation sites excluding steroid dienone is 1. The largest absolute Gasteiger partial charge is 0.349 e. The van der Waals surface area contributed by atoms with Gasteiger partial charge in [-0.05, 0) is 30.5 Å². The van der Waals surface area contributed by atoms with Gasteiger partial charge in [-0.1, -0.05) is 30.3 Å². The molecule has 1 unspecified atom stereocenters. The van der Waals surface area contributed by atoms with Crippen LogP contribution in [0.15, 0.2) is 36.4 Å². The van der Waals surface area contributed by atoms with Crippen molar-refractivity contribution in [3.63, 3.8) is 0 Å². The van der Waals surface area contributed by atoms with Crippen LogP contribution in [0.4, 0.5) is 0 Å². The van der Waals surface area contributed by atoms with Crippen LogP contribution in [0.5, 0.6) is 0 Å². The third kappa shape index (κ3) is 2.67. The zero-order chi connectivity index (χ0) is 10.5. The van der Waals surface area contributed by atoms with E-state index in [4.69, 9.17) is 9.47 Å². The summed E-state index contributed by atoms with van der Waals surface area (Å²) in [4.78, 5) is 0. The van der Waals surface area contributed by atoms with Crippen LogP contribution in [-0.2, 0) is 22.5 Å². The van der Waals surface area contributed by atoms with Gasteiger partial charge in [-0.15, -0.1) is 0 Å². The average molecular weight is 204 g/mol. The quantitative estimate of drug-likeness (QED) is 0.655. The van der Waals surface area contributed by atoms with Gasteiger partial charge in [-0.2, -0.15) is 0 Å². The zero-order valence-electron chi connectivity index (χ0n) is 8.98. The summed E-state index contributed by atoms with van der Waals surface area (Å²) in [5.74, 6) is 0. The molecular formula is C13H16O2. The van der Waals surface area contributed by atoms with E-state index in [1.54, 1.807) is 0 Å². The number of benzene rings is 1. The number of hydrogen-bond acceptors (Lipinski definition) is 2. The first-order valence-corrected chi connectivity index (χ1v) is 5.33. The van der Waals surface area contributed by atoms with Crippen LogP contribution in [0.2, 0.25) is 0 Å². The van der Waals surface area contributed by atoms with Gasteiger partial charge < -0.3 is 9.47 Å². The van der Waals surface area contributed by atoms with Gasteiger partial charge in [0.1, 0.15) is 0 Å². The highest BCUT2D eigenvalue weighted by atomic mass is 16.7. The molecule has 0 radical (unpaired) electrons. The van der Waals surface area contributed by atoms with E-state index < -0.39 is 0 Å². The molecule has 80 valence electrons. The first-order chi connectivity index (χ1) is 7.40. The SMILES string of the molecule is C/C=C/C1OCCc2ccccc2CO1. The van der Waals surface area contributed by atoms with Crippen molar-refractivity contribution in [2.24, 2.45) is 0 Å². The van der Waals surface area contributed by atoms with Crippen molar-refractivity contribution < 1.29 is 9.47 Å². The normalized spacial score (nSPS) is 22.1. The number of ether oxygens (including phenoxy) is 2. The first kappa shape index (κ1) is 10.4. The fraction of sp³-hybridized carbons (Fsp3) is 0.385. The van der Waals surface area contributed by atoms with Gasteiger partial charge in [0.2, 0.25) is 0 Å². The third-order valence-electron chi connectivity index (χ3n) is 2.52. The summed E-state index contributed by atoms with van der Waals surface area (Å²) in [6, 6.07) is 8.37. The molecule has 1 aliphatic rings. The molecule has 2 nitrogen and oxygen atoms in total. The topological polar surface area (TPSA) is 18.5 Å². The Bertz CT molecular complexity index is 344. The first-order valence-electron chi connectivity index (χ1n) is 5.33. The molecule has 0 fully saturated rings. The summed E-state index contributed by atoms with van der Waals surface area (Å²) in [7, 11) is 0. The van der Waals surface area contributed by atoms with E-state index in [0.29, 0.717) is 13.2 Å². The molecule has 1 aliphatic heterocycles. The van der Waals surface area contributed by atoms with E-state index in [2.05, 4.69) is 24.3 Å². The molecule has 0 saturated carbocycles. The van der Waals surface area contributed by atoms with Gasteiger partial charge in [0.25, 0.3) is 0 Å². The Morgan fingerprint density at radius 1 is 1.20 bits per heavy atom. The van der Waals surface area contributed by atoms with Crippen molar-refractivity contribution >= 4 is 0 Å². The highest BCUT2D eigenvalue weighted by Gasteiger charge is 2.11. The molecule has 0 bridgehead atoms. The standard InChI is InChI=1S/C13H16O2/c1-2-5-13-14-9-8-11-6-3-4-7-12(11)10-15-13/h2-7,13H,8-10H2,1H3/b5-2+. The van der Waals surface area contributed by atoms with E-state index in [0.717, 1.165) is 6.42 Å². The second-order valence-electron chi connectivity index (χ2n) is 3.59. The molecule has 1 aromatic rings. The summed E-state index contributed by atoms with van der Waals surface area (Å²) < 4.78 is 11.2. The molecule has 0 amide bonds. The van der Waals surface area contributed by atoms with Crippen LogP contribution in [0.1, 0.15) is 18.1 Å². The van der Waals surface area contributed by atoms with Gasteiger partial charge in [-0.25, -0.2) is 0 Å². The second-order valence-corrected chi connectivity index (χ2v) is 3.59. The van der Waals surface area contributed by atoms with Crippen LogP contribution in [0.25, 0.3) is 0 Å². The van der Waals surface area contributed by atoms with E-state index in [1.807, 2.05) is 19.1 Å². The summed E-state index contributed by atoms with van der Waals surface area (Å²) in [6.07, 6.45) is 4.67. The molecule has 0 spiro atoms. The lowest BCUT2D eigenvalue weighted by molar-refractivity contribution is -0.122. The maximum Gasteiger partial charge on any atom is 0.177 e. The predicted octanol–water partition coefficient (Wildman–Crippen LogP) is 2.68. The zero-order valence-corrected chi connectivity index (χ0v) is 8.98. The summed E-state index contributed by atoms with van der Waals surface area (Å²) in [5.41, 5.74) is 2.60. The minimum atomic E-state index is -0.191. The van der Waals surface area contributed by atoms with Gasteiger partial charge in [0.15, 0.2) is 6.29 Å². The molecule has 0 aliphatic carbocycles. The number of fused-ring (bicyclic) bond motifs is 1. The van der Waals surface area contributed by atoms with Gasteiger partial charge in [-0.3, -0.25) is 0 Å². The molecule has 0 N–H and O–H groups in total. The van der Waals surface area contributed by atoms with Crippen molar-refractivity contribution in [1.29, 1.82) is 0 Å². The third-order valence-corrected chi connectivity index (χ3v) is 2.52. The predicted molar refractivity (Wildman–Crippen MR) is 59.5 cm³/mol. The smallest absolute Gasteiger partial charge is 0.177 e. The Morgan fingerprint density at radius 3 is 2.80 bits per heavy atom. The minimum absolute atomic E-state index is 0.191. The van der Waals surface area contributed by atoms with Crippen LogP contribution in [0.3, 0.4) is 0 Å². The van der Waals surface area contributed by atoms with E-state index >= 15 is 0 Å². The van der Waals surface area contributed by atoms with Crippen molar-refractivity contribution in [2.75, 3.05) is 6.61 Å². The lowest BCUT2D eigenvalue weighted by Crippen LogP contribution is -2.19. The van der Waals surface area contributed by atoms with Crippen LogP contribution < -0.4 is 0 Å². The molecular weight excluding hydrogens is 188 g/mol. The summed E-state index contributed by atoms with van der Waals surface area (Å²) in [5, 5.41) is 0. The van der Waals surface area contributed by atoms with E-state index in [1.165, 1.54) is 11.1 Å². The van der Waals surface area contributed by atoms with E-state index in [9.17, 15) is 0 Å². The fourth-order valence-corrected chi connectivity index (χ4v) is 1.72. The highest BCUT2D eigenvalue weighted by Crippen LogP contribution is 2.16. The van der Waals surface area contributed by atoms with E-state index in [-0.39, 0.29) is 6.29 Å². The van der Waals surface area contributed by atoms with Crippen molar-refractivity contribution in [2.45, 2.75) is 26.2 Å². The molecule has 1 aromatic carbocycles. The Labute approximate surface area is 90.5 Å². The fourth-order valence-electron chi connectivity index (χ4n) is 1.72. The summed E-state index contributed by atoms with van der Waals surface area (Å²) >= 11 is 0. The lowest BCUT2D eigenvalue weighted by Gasteiger charge is -2.20. The lowest BCUT2D eigenvalue weighted by atomic mass is 10.1. The molecule has 1 heterocycles. The number of rotatable bonds is 1.